The molecule has 0 aromatic heterocycles. The summed E-state index contributed by atoms with van der Waals surface area (Å²) in [6, 6.07) is 10.5. The van der Waals surface area contributed by atoms with Gasteiger partial charge in [0.2, 0.25) is 0 Å². The third-order valence-corrected chi connectivity index (χ3v) is 22.5. The standard InChI is InChI=1S/C16H19.3C4H9.Sn/c1-2-3-4-5-6-7-8-10-13-16-14-11-9-12-15-16;3*1-3-4-2;/h8-9,11-12,14-15H,2-6H2,1H3;3*1,3-4H2,2H3;. The molecule has 1 aromatic carbocycles. The Labute approximate surface area is 186 Å². The summed E-state index contributed by atoms with van der Waals surface area (Å²) in [7, 11) is 0. The first-order valence-corrected chi connectivity index (χ1v) is 20.0. The molecule has 0 bridgehead atoms. The van der Waals surface area contributed by atoms with Crippen LogP contribution in [0.2, 0.25) is 13.3 Å². The summed E-state index contributed by atoms with van der Waals surface area (Å²) in [5.74, 6) is 6.94. The molecule has 0 aliphatic heterocycles. The van der Waals surface area contributed by atoms with Crippen LogP contribution in [0.1, 0.15) is 104 Å². The third kappa shape index (κ3) is 10.8. The van der Waals surface area contributed by atoms with Gasteiger partial charge < -0.3 is 0 Å². The van der Waals surface area contributed by atoms with E-state index in [4.69, 9.17) is 0 Å². The van der Waals surface area contributed by atoms with Gasteiger partial charge in [-0.3, -0.25) is 0 Å². The van der Waals surface area contributed by atoms with Gasteiger partial charge in [0, 0.05) is 0 Å². The molecular formula is C28H46Sn. The summed E-state index contributed by atoms with van der Waals surface area (Å²) >= 11 is -2.35. The van der Waals surface area contributed by atoms with Crippen LogP contribution in [0.4, 0.5) is 0 Å². The second kappa shape index (κ2) is 17.0. The Kier molecular flexibility index (Phi) is 15.5. The van der Waals surface area contributed by atoms with Crippen molar-refractivity contribution >= 4 is 18.4 Å². The van der Waals surface area contributed by atoms with Crippen molar-refractivity contribution in [2.24, 2.45) is 0 Å². The van der Waals surface area contributed by atoms with Crippen molar-refractivity contribution < 1.29 is 0 Å². The molecule has 1 aromatic rings. The average molecular weight is 501 g/mol. The van der Waals surface area contributed by atoms with Crippen molar-refractivity contribution in [3.8, 4) is 11.8 Å². The molecule has 0 saturated heterocycles. The van der Waals surface area contributed by atoms with Crippen LogP contribution in [0.5, 0.6) is 0 Å². The average Bonchev–Trinajstić information content (AvgIpc) is 2.76. The summed E-state index contributed by atoms with van der Waals surface area (Å²) in [5.41, 5.74) is 1.14. The van der Waals surface area contributed by atoms with Gasteiger partial charge in [-0.1, -0.05) is 0 Å². The Hall–Kier alpha value is -0.681. The normalized spacial score (nSPS) is 11.9. The van der Waals surface area contributed by atoms with E-state index in [0.29, 0.717) is 0 Å². The number of allylic oxidation sites excluding steroid dienone is 2. The zero-order valence-corrected chi connectivity index (χ0v) is 22.7. The van der Waals surface area contributed by atoms with Crippen molar-refractivity contribution in [2.45, 2.75) is 112 Å². The minimum atomic E-state index is -2.35. The van der Waals surface area contributed by atoms with Gasteiger partial charge >= 0.3 is 187 Å². The molecule has 0 heterocycles. The minimum absolute atomic E-state index is 1.14. The second-order valence-electron chi connectivity index (χ2n) is 8.71. The van der Waals surface area contributed by atoms with E-state index < -0.39 is 18.4 Å². The number of hydrogen-bond donors (Lipinski definition) is 0. The van der Waals surface area contributed by atoms with E-state index in [1.807, 2.05) is 3.59 Å². The Morgan fingerprint density at radius 3 is 1.79 bits per heavy atom. The molecule has 0 unspecified atom stereocenters. The van der Waals surface area contributed by atoms with Crippen molar-refractivity contribution in [1.82, 2.24) is 0 Å². The van der Waals surface area contributed by atoms with Crippen LogP contribution in [-0.2, 0) is 0 Å². The van der Waals surface area contributed by atoms with E-state index in [9.17, 15) is 0 Å². The molecule has 0 fully saturated rings. The number of hydrogen-bond acceptors (Lipinski definition) is 0. The van der Waals surface area contributed by atoms with Crippen LogP contribution < -0.4 is 0 Å². The maximum atomic E-state index is 3.52. The predicted molar refractivity (Wildman–Crippen MR) is 135 cm³/mol. The molecule has 0 spiro atoms. The van der Waals surface area contributed by atoms with Crippen molar-refractivity contribution in [3.05, 3.63) is 45.6 Å². The Morgan fingerprint density at radius 1 is 0.724 bits per heavy atom. The van der Waals surface area contributed by atoms with Gasteiger partial charge in [0.25, 0.3) is 0 Å². The van der Waals surface area contributed by atoms with Crippen LogP contribution in [0.25, 0.3) is 0 Å². The molecule has 0 aliphatic rings. The molecule has 1 heteroatoms. The number of benzene rings is 1. The van der Waals surface area contributed by atoms with E-state index >= 15 is 0 Å². The van der Waals surface area contributed by atoms with Crippen molar-refractivity contribution in [2.75, 3.05) is 0 Å². The molecular weight excluding hydrogens is 455 g/mol. The van der Waals surface area contributed by atoms with Crippen molar-refractivity contribution in [1.29, 1.82) is 0 Å². The molecule has 0 nitrogen and oxygen atoms in total. The first-order valence-electron chi connectivity index (χ1n) is 12.5. The summed E-state index contributed by atoms with van der Waals surface area (Å²) < 4.78 is 6.53. The van der Waals surface area contributed by atoms with Crippen LogP contribution in [0.15, 0.2) is 40.0 Å². The molecule has 162 valence electrons. The van der Waals surface area contributed by atoms with Gasteiger partial charge in [-0.15, -0.1) is 0 Å². The summed E-state index contributed by atoms with van der Waals surface area (Å²) in [6.45, 7) is 9.43. The SMILES string of the molecule is CCCCCC/[C](=C\C#Cc1ccccc1)[Sn]([CH2]CCC)([CH2]CCC)[CH2]CCC. The summed E-state index contributed by atoms with van der Waals surface area (Å²) in [6.07, 6.45) is 17.5. The zero-order valence-electron chi connectivity index (χ0n) is 19.9. The Bertz CT molecular complexity index is 580. The molecule has 1 rings (SSSR count). The summed E-state index contributed by atoms with van der Waals surface area (Å²) in [5, 5.41) is 0. The first kappa shape index (κ1) is 26.4. The second-order valence-corrected chi connectivity index (χ2v) is 22.1. The number of rotatable bonds is 15. The van der Waals surface area contributed by atoms with E-state index in [1.54, 1.807) is 13.3 Å². The molecule has 0 amide bonds. The van der Waals surface area contributed by atoms with E-state index in [-0.39, 0.29) is 0 Å². The Balaban J connectivity index is 3.19. The fraction of sp³-hybridized carbons (Fsp3) is 0.643. The molecule has 0 aliphatic carbocycles. The van der Waals surface area contributed by atoms with Crippen LogP contribution >= 0.6 is 0 Å². The van der Waals surface area contributed by atoms with Crippen LogP contribution in [0, 0.1) is 11.8 Å². The first-order chi connectivity index (χ1) is 14.2. The molecule has 0 saturated carbocycles. The van der Waals surface area contributed by atoms with E-state index in [1.165, 1.54) is 70.6 Å². The van der Waals surface area contributed by atoms with Gasteiger partial charge in [-0.25, -0.2) is 0 Å². The summed E-state index contributed by atoms with van der Waals surface area (Å²) in [4.78, 5) is 0. The fourth-order valence-electron chi connectivity index (χ4n) is 4.36. The fourth-order valence-corrected chi connectivity index (χ4v) is 21.2. The third-order valence-electron chi connectivity index (χ3n) is 6.24. The maximum absolute atomic E-state index is 3.52. The zero-order chi connectivity index (χ0) is 21.2. The van der Waals surface area contributed by atoms with Crippen LogP contribution in [0.3, 0.4) is 0 Å². The van der Waals surface area contributed by atoms with Gasteiger partial charge in [-0.05, 0) is 0 Å². The molecule has 29 heavy (non-hydrogen) atoms. The van der Waals surface area contributed by atoms with E-state index in [2.05, 4.69) is 75.9 Å². The number of unbranched alkanes of at least 4 members (excludes halogenated alkanes) is 6. The van der Waals surface area contributed by atoms with Gasteiger partial charge in [-0.2, -0.15) is 0 Å². The van der Waals surface area contributed by atoms with Gasteiger partial charge in [0.1, 0.15) is 0 Å². The molecule has 0 atom stereocenters. The van der Waals surface area contributed by atoms with Gasteiger partial charge in [0.15, 0.2) is 0 Å². The van der Waals surface area contributed by atoms with E-state index in [0.717, 1.165) is 5.56 Å². The molecule has 0 N–H and O–H groups in total. The topological polar surface area (TPSA) is 0 Å². The van der Waals surface area contributed by atoms with Crippen molar-refractivity contribution in [3.63, 3.8) is 0 Å². The monoisotopic (exact) mass is 502 g/mol. The van der Waals surface area contributed by atoms with Crippen LogP contribution in [-0.4, -0.2) is 18.4 Å². The van der Waals surface area contributed by atoms with Gasteiger partial charge in [0.05, 0.1) is 0 Å². The molecule has 0 radical (unpaired) electrons. The Morgan fingerprint density at radius 2 is 1.28 bits per heavy atom. The quantitative estimate of drug-likeness (QED) is 0.128. The predicted octanol–water partition coefficient (Wildman–Crippen LogP) is 9.32.